The second kappa shape index (κ2) is 5.43. The van der Waals surface area contributed by atoms with E-state index in [0.29, 0.717) is 5.56 Å². The van der Waals surface area contributed by atoms with Gasteiger partial charge in [-0.3, -0.25) is 0 Å². The van der Waals surface area contributed by atoms with Crippen molar-refractivity contribution in [3.8, 4) is 0 Å². The molecule has 0 aliphatic rings. The zero-order chi connectivity index (χ0) is 12.3. The van der Waals surface area contributed by atoms with Crippen molar-refractivity contribution in [3.05, 3.63) is 71.5 Å². The van der Waals surface area contributed by atoms with Gasteiger partial charge in [-0.1, -0.05) is 64.5 Å². The van der Waals surface area contributed by atoms with Crippen molar-refractivity contribution in [1.82, 2.24) is 0 Å². The highest BCUT2D eigenvalue weighted by Gasteiger charge is 2.22. The smallest absolute Gasteiger partial charge is 0.127 e. The van der Waals surface area contributed by atoms with Gasteiger partial charge in [0.05, 0.1) is 10.9 Å². The molecule has 2 aromatic carbocycles. The lowest BCUT2D eigenvalue weighted by molar-refractivity contribution is 0.175. The maximum atomic E-state index is 13.6. The third-order valence-corrected chi connectivity index (χ3v) is 3.61. The molecule has 0 aromatic heterocycles. The maximum Gasteiger partial charge on any atom is 0.127 e. The molecule has 1 nitrogen and oxygen atoms in total. The van der Waals surface area contributed by atoms with Gasteiger partial charge in [-0.25, -0.2) is 4.39 Å². The molecule has 0 unspecified atom stereocenters. The van der Waals surface area contributed by atoms with Gasteiger partial charge in [-0.15, -0.1) is 0 Å². The molecule has 0 saturated heterocycles. The first-order valence-corrected chi connectivity index (χ1v) is 6.23. The number of aliphatic hydroxyl groups excluding tert-OH is 1. The third-order valence-electron chi connectivity index (χ3n) is 2.62. The Morgan fingerprint density at radius 3 is 2.18 bits per heavy atom. The van der Waals surface area contributed by atoms with Gasteiger partial charge in [0.2, 0.25) is 0 Å². The maximum absolute atomic E-state index is 13.6. The lowest BCUT2D eigenvalue weighted by Crippen LogP contribution is -2.06. The average molecular weight is 295 g/mol. The summed E-state index contributed by atoms with van der Waals surface area (Å²) in [7, 11) is 0. The zero-order valence-corrected chi connectivity index (χ0v) is 10.6. The van der Waals surface area contributed by atoms with Crippen LogP contribution in [0.25, 0.3) is 0 Å². The molecule has 2 aromatic rings. The van der Waals surface area contributed by atoms with Crippen molar-refractivity contribution in [2.24, 2.45) is 0 Å². The molecular weight excluding hydrogens is 283 g/mol. The molecule has 2 atom stereocenters. The van der Waals surface area contributed by atoms with E-state index < -0.39 is 10.9 Å². The molecule has 0 spiro atoms. The van der Waals surface area contributed by atoms with Crippen LogP contribution in [0.2, 0.25) is 0 Å². The zero-order valence-electron chi connectivity index (χ0n) is 9.05. The van der Waals surface area contributed by atoms with Crippen molar-refractivity contribution in [2.75, 3.05) is 0 Å². The predicted molar refractivity (Wildman–Crippen MR) is 69.5 cm³/mol. The summed E-state index contributed by atoms with van der Waals surface area (Å²) in [5, 5.41) is 10.2. The molecule has 2 rings (SSSR count). The lowest BCUT2D eigenvalue weighted by atomic mass is 10.0. The number of rotatable bonds is 3. The van der Waals surface area contributed by atoms with Crippen LogP contribution in [0, 0.1) is 5.82 Å². The van der Waals surface area contributed by atoms with Crippen molar-refractivity contribution >= 4 is 15.9 Å². The Kier molecular flexibility index (Phi) is 3.92. The van der Waals surface area contributed by atoms with Gasteiger partial charge in [0.25, 0.3) is 0 Å². The molecule has 0 aliphatic heterocycles. The first-order chi connectivity index (χ1) is 8.20. The average Bonchev–Trinajstić information content (AvgIpc) is 2.39. The number of hydrogen-bond donors (Lipinski definition) is 1. The summed E-state index contributed by atoms with van der Waals surface area (Å²) in [6.45, 7) is 0. The third kappa shape index (κ3) is 2.73. The van der Waals surface area contributed by atoms with Crippen LogP contribution in [-0.4, -0.2) is 5.11 Å². The van der Waals surface area contributed by atoms with E-state index in [2.05, 4.69) is 15.9 Å². The van der Waals surface area contributed by atoms with Crippen molar-refractivity contribution in [1.29, 1.82) is 0 Å². The van der Waals surface area contributed by atoms with E-state index in [1.54, 1.807) is 18.2 Å². The van der Waals surface area contributed by atoms with Gasteiger partial charge < -0.3 is 5.11 Å². The van der Waals surface area contributed by atoms with Crippen LogP contribution >= 0.6 is 15.9 Å². The van der Waals surface area contributed by atoms with Crippen LogP contribution in [0.1, 0.15) is 22.1 Å². The topological polar surface area (TPSA) is 20.2 Å². The SMILES string of the molecule is O[C@@H](c1ccccc1)[C@@H](Br)c1ccccc1F. The second-order valence-electron chi connectivity index (χ2n) is 3.78. The summed E-state index contributed by atoms with van der Waals surface area (Å²) in [6, 6.07) is 15.7. The van der Waals surface area contributed by atoms with Gasteiger partial charge in [-0.05, 0) is 11.6 Å². The molecular formula is C14H12BrFO. The molecule has 0 fully saturated rings. The quantitative estimate of drug-likeness (QED) is 0.849. The Bertz CT molecular complexity index is 487. The van der Waals surface area contributed by atoms with E-state index in [0.717, 1.165) is 5.56 Å². The number of halogens is 2. The van der Waals surface area contributed by atoms with Crippen LogP contribution in [-0.2, 0) is 0 Å². The van der Waals surface area contributed by atoms with Crippen LogP contribution in [0.4, 0.5) is 4.39 Å². The van der Waals surface area contributed by atoms with Crippen molar-refractivity contribution < 1.29 is 9.50 Å². The molecule has 0 saturated carbocycles. The fraction of sp³-hybridized carbons (Fsp3) is 0.143. The number of hydrogen-bond acceptors (Lipinski definition) is 1. The second-order valence-corrected chi connectivity index (χ2v) is 4.77. The van der Waals surface area contributed by atoms with E-state index >= 15 is 0 Å². The largest absolute Gasteiger partial charge is 0.387 e. The highest BCUT2D eigenvalue weighted by atomic mass is 79.9. The van der Waals surface area contributed by atoms with E-state index in [4.69, 9.17) is 0 Å². The Labute approximate surface area is 108 Å². The Hall–Kier alpha value is -1.19. The van der Waals surface area contributed by atoms with Crippen LogP contribution in [0.3, 0.4) is 0 Å². The minimum Gasteiger partial charge on any atom is -0.387 e. The number of aliphatic hydroxyl groups is 1. The predicted octanol–water partition coefficient (Wildman–Crippen LogP) is 4.00. The fourth-order valence-corrected chi connectivity index (χ4v) is 2.36. The van der Waals surface area contributed by atoms with E-state index in [-0.39, 0.29) is 5.82 Å². The molecule has 3 heteroatoms. The molecule has 0 aliphatic carbocycles. The summed E-state index contributed by atoms with van der Waals surface area (Å²) in [6.07, 6.45) is -0.770. The van der Waals surface area contributed by atoms with Gasteiger partial charge in [0.1, 0.15) is 5.82 Å². The minimum atomic E-state index is -0.770. The van der Waals surface area contributed by atoms with Gasteiger partial charge in [0, 0.05) is 5.56 Å². The molecule has 0 heterocycles. The number of alkyl halides is 1. The molecule has 88 valence electrons. The molecule has 1 N–H and O–H groups in total. The Morgan fingerprint density at radius 1 is 0.941 bits per heavy atom. The summed E-state index contributed by atoms with van der Waals surface area (Å²) < 4.78 is 13.6. The van der Waals surface area contributed by atoms with Gasteiger partial charge in [0.15, 0.2) is 0 Å². The monoisotopic (exact) mass is 294 g/mol. The first-order valence-electron chi connectivity index (χ1n) is 5.31. The fourth-order valence-electron chi connectivity index (χ4n) is 1.69. The van der Waals surface area contributed by atoms with Crippen molar-refractivity contribution in [2.45, 2.75) is 10.9 Å². The summed E-state index contributed by atoms with van der Waals surface area (Å²) >= 11 is 3.35. The normalized spacial score (nSPS) is 14.3. The Morgan fingerprint density at radius 2 is 1.53 bits per heavy atom. The molecule has 0 bridgehead atoms. The molecule has 0 radical (unpaired) electrons. The van der Waals surface area contributed by atoms with Crippen molar-refractivity contribution in [3.63, 3.8) is 0 Å². The first kappa shape index (κ1) is 12.3. The van der Waals surface area contributed by atoms with E-state index in [1.165, 1.54) is 6.07 Å². The van der Waals surface area contributed by atoms with Crippen LogP contribution in [0.15, 0.2) is 54.6 Å². The van der Waals surface area contributed by atoms with Gasteiger partial charge in [-0.2, -0.15) is 0 Å². The summed E-state index contributed by atoms with van der Waals surface area (Å²) in [5.41, 5.74) is 1.22. The highest BCUT2D eigenvalue weighted by Crippen LogP contribution is 2.36. The number of benzene rings is 2. The molecule has 17 heavy (non-hydrogen) atoms. The van der Waals surface area contributed by atoms with E-state index in [1.807, 2.05) is 30.3 Å². The molecule has 0 amide bonds. The summed E-state index contributed by atoms with van der Waals surface area (Å²) in [5.74, 6) is -0.315. The standard InChI is InChI=1S/C14H12BrFO/c15-13(11-8-4-5-9-12(11)16)14(17)10-6-2-1-3-7-10/h1-9,13-14,17H/t13-,14-/m0/s1. The Balaban J connectivity index is 2.27. The minimum absolute atomic E-state index is 0.315. The van der Waals surface area contributed by atoms with Crippen LogP contribution < -0.4 is 0 Å². The lowest BCUT2D eigenvalue weighted by Gasteiger charge is -2.18. The van der Waals surface area contributed by atoms with Crippen LogP contribution in [0.5, 0.6) is 0 Å². The highest BCUT2D eigenvalue weighted by molar-refractivity contribution is 9.09. The van der Waals surface area contributed by atoms with Gasteiger partial charge >= 0.3 is 0 Å². The van der Waals surface area contributed by atoms with E-state index in [9.17, 15) is 9.50 Å². The summed E-state index contributed by atoms with van der Waals surface area (Å²) in [4.78, 5) is -0.453.